The Kier molecular flexibility index (Phi) is 15.9. The van der Waals surface area contributed by atoms with E-state index < -0.39 is 0 Å². The van der Waals surface area contributed by atoms with E-state index in [-0.39, 0.29) is 0 Å². The van der Waals surface area contributed by atoms with E-state index in [1.165, 1.54) is 77.0 Å². The molecule has 0 spiro atoms. The molecule has 0 saturated carbocycles. The number of unbranched alkanes of at least 4 members (excludes halogenated alkanes) is 10. The van der Waals surface area contributed by atoms with Gasteiger partial charge in [0.25, 0.3) is 0 Å². The molecule has 19 heavy (non-hydrogen) atoms. The van der Waals surface area contributed by atoms with Crippen LogP contribution in [0.4, 0.5) is 0 Å². The molecule has 0 aromatic heterocycles. The van der Waals surface area contributed by atoms with Crippen LogP contribution in [0.3, 0.4) is 0 Å². The molecule has 0 rings (SSSR count). The van der Waals surface area contributed by atoms with Gasteiger partial charge in [0.15, 0.2) is 0 Å². The van der Waals surface area contributed by atoms with Crippen molar-refractivity contribution in [1.82, 2.24) is 5.32 Å². The number of rotatable bonds is 15. The molecule has 3 N–H and O–H groups in total. The maximum atomic E-state index is 5.48. The first kappa shape index (κ1) is 18.9. The minimum Gasteiger partial charge on any atom is -0.329 e. The van der Waals surface area contributed by atoms with Gasteiger partial charge in [-0.05, 0) is 13.3 Å². The average Bonchev–Trinajstić information content (AvgIpc) is 2.42. The molecule has 0 fully saturated rings. The maximum Gasteiger partial charge on any atom is 0.00769 e. The van der Waals surface area contributed by atoms with Gasteiger partial charge < -0.3 is 11.1 Å². The summed E-state index contributed by atoms with van der Waals surface area (Å²) in [5.41, 5.74) is 5.48. The Morgan fingerprint density at radius 1 is 0.789 bits per heavy atom. The lowest BCUT2D eigenvalue weighted by molar-refractivity contribution is 0.480. The van der Waals surface area contributed by atoms with Gasteiger partial charge in [0.1, 0.15) is 0 Å². The average molecular weight is 271 g/mol. The molecule has 1 atom stereocenters. The largest absolute Gasteiger partial charge is 0.329 e. The van der Waals surface area contributed by atoms with Crippen molar-refractivity contribution in [2.45, 2.75) is 96.9 Å². The normalized spacial score (nSPS) is 12.8. The van der Waals surface area contributed by atoms with E-state index in [2.05, 4.69) is 19.2 Å². The Hall–Kier alpha value is -0.0800. The molecule has 116 valence electrons. The maximum absolute atomic E-state index is 5.48. The Morgan fingerprint density at radius 3 is 1.74 bits per heavy atom. The van der Waals surface area contributed by atoms with Crippen LogP contribution in [0.1, 0.15) is 90.9 Å². The Labute approximate surface area is 121 Å². The highest BCUT2D eigenvalue weighted by molar-refractivity contribution is 4.60. The molecule has 0 aromatic carbocycles. The van der Waals surface area contributed by atoms with Crippen molar-refractivity contribution >= 4 is 0 Å². The minimum absolute atomic E-state index is 0.641. The molecular formula is C17H38N2. The summed E-state index contributed by atoms with van der Waals surface area (Å²) in [6.07, 6.45) is 17.0. The van der Waals surface area contributed by atoms with Crippen molar-refractivity contribution < 1.29 is 0 Å². The van der Waals surface area contributed by atoms with E-state index in [0.717, 1.165) is 13.1 Å². The Balaban J connectivity index is 3.02. The smallest absolute Gasteiger partial charge is 0.00769 e. The first-order valence-corrected chi connectivity index (χ1v) is 8.74. The third kappa shape index (κ3) is 15.9. The molecule has 0 aliphatic rings. The highest BCUT2D eigenvalue weighted by atomic mass is 14.9. The van der Waals surface area contributed by atoms with Crippen molar-refractivity contribution in [3.05, 3.63) is 0 Å². The summed E-state index contributed by atoms with van der Waals surface area (Å²) >= 11 is 0. The fourth-order valence-electron chi connectivity index (χ4n) is 2.55. The van der Waals surface area contributed by atoms with E-state index in [9.17, 15) is 0 Å². The fourth-order valence-corrected chi connectivity index (χ4v) is 2.55. The monoisotopic (exact) mass is 270 g/mol. The SMILES string of the molecule is CCCCCCCCCCCCCC(C)NCCN. The van der Waals surface area contributed by atoms with E-state index in [4.69, 9.17) is 5.73 Å². The van der Waals surface area contributed by atoms with Crippen molar-refractivity contribution in [3.8, 4) is 0 Å². The second-order valence-electron chi connectivity index (χ2n) is 5.97. The van der Waals surface area contributed by atoms with E-state index >= 15 is 0 Å². The Morgan fingerprint density at radius 2 is 1.26 bits per heavy atom. The summed E-state index contributed by atoms with van der Waals surface area (Å²) < 4.78 is 0. The lowest BCUT2D eigenvalue weighted by Gasteiger charge is -2.12. The van der Waals surface area contributed by atoms with Crippen LogP contribution >= 0.6 is 0 Å². The predicted molar refractivity (Wildman–Crippen MR) is 87.6 cm³/mol. The van der Waals surface area contributed by atoms with Crippen LogP contribution in [0.15, 0.2) is 0 Å². The van der Waals surface area contributed by atoms with E-state index in [1.807, 2.05) is 0 Å². The van der Waals surface area contributed by atoms with Gasteiger partial charge in [0.2, 0.25) is 0 Å². The third-order valence-electron chi connectivity index (χ3n) is 3.88. The zero-order valence-electron chi connectivity index (χ0n) is 13.6. The molecule has 0 radical (unpaired) electrons. The van der Waals surface area contributed by atoms with Crippen LogP contribution in [-0.2, 0) is 0 Å². The molecule has 0 aromatic rings. The van der Waals surface area contributed by atoms with Gasteiger partial charge in [-0.1, -0.05) is 77.6 Å². The molecule has 0 heterocycles. The molecule has 0 aliphatic heterocycles. The van der Waals surface area contributed by atoms with Crippen LogP contribution in [0.2, 0.25) is 0 Å². The minimum atomic E-state index is 0.641. The lowest BCUT2D eigenvalue weighted by Crippen LogP contribution is -2.30. The van der Waals surface area contributed by atoms with Gasteiger partial charge in [0, 0.05) is 19.1 Å². The highest BCUT2D eigenvalue weighted by Crippen LogP contribution is 2.12. The predicted octanol–water partition coefficient (Wildman–Crippen LogP) is 4.62. The first-order valence-electron chi connectivity index (χ1n) is 8.74. The highest BCUT2D eigenvalue weighted by Gasteiger charge is 1.99. The summed E-state index contributed by atoms with van der Waals surface area (Å²) in [6.45, 7) is 6.26. The summed E-state index contributed by atoms with van der Waals surface area (Å²) in [5.74, 6) is 0. The molecule has 0 saturated heterocycles. The van der Waals surface area contributed by atoms with Crippen LogP contribution in [-0.4, -0.2) is 19.1 Å². The topological polar surface area (TPSA) is 38.0 Å². The Bertz CT molecular complexity index is 159. The van der Waals surface area contributed by atoms with Crippen LogP contribution in [0.25, 0.3) is 0 Å². The van der Waals surface area contributed by atoms with Crippen molar-refractivity contribution in [2.24, 2.45) is 5.73 Å². The molecule has 1 unspecified atom stereocenters. The first-order chi connectivity index (χ1) is 9.31. The van der Waals surface area contributed by atoms with E-state index in [0.29, 0.717) is 6.04 Å². The van der Waals surface area contributed by atoms with Crippen molar-refractivity contribution in [2.75, 3.05) is 13.1 Å². The quantitative estimate of drug-likeness (QED) is 0.426. The summed E-state index contributed by atoms with van der Waals surface area (Å²) in [7, 11) is 0. The zero-order valence-corrected chi connectivity index (χ0v) is 13.6. The number of hydrogen-bond acceptors (Lipinski definition) is 2. The zero-order chi connectivity index (χ0) is 14.2. The van der Waals surface area contributed by atoms with Crippen molar-refractivity contribution in [1.29, 1.82) is 0 Å². The van der Waals surface area contributed by atoms with Crippen molar-refractivity contribution in [3.63, 3.8) is 0 Å². The number of hydrogen-bond donors (Lipinski definition) is 2. The molecular weight excluding hydrogens is 232 g/mol. The number of nitrogens with one attached hydrogen (secondary N) is 1. The number of nitrogens with two attached hydrogens (primary N) is 1. The molecule has 2 nitrogen and oxygen atoms in total. The van der Waals surface area contributed by atoms with Gasteiger partial charge in [-0.3, -0.25) is 0 Å². The van der Waals surface area contributed by atoms with Crippen LogP contribution in [0.5, 0.6) is 0 Å². The lowest BCUT2D eigenvalue weighted by atomic mass is 10.0. The van der Waals surface area contributed by atoms with Gasteiger partial charge in [-0.2, -0.15) is 0 Å². The molecule has 0 bridgehead atoms. The fraction of sp³-hybridized carbons (Fsp3) is 1.00. The summed E-state index contributed by atoms with van der Waals surface area (Å²) in [4.78, 5) is 0. The summed E-state index contributed by atoms with van der Waals surface area (Å²) in [5, 5.41) is 3.44. The molecule has 0 amide bonds. The van der Waals surface area contributed by atoms with Gasteiger partial charge >= 0.3 is 0 Å². The molecule has 0 aliphatic carbocycles. The van der Waals surface area contributed by atoms with Crippen LogP contribution in [0, 0.1) is 0 Å². The molecule has 2 heteroatoms. The van der Waals surface area contributed by atoms with E-state index in [1.54, 1.807) is 0 Å². The van der Waals surface area contributed by atoms with Gasteiger partial charge in [-0.25, -0.2) is 0 Å². The summed E-state index contributed by atoms with van der Waals surface area (Å²) in [6, 6.07) is 0.641. The van der Waals surface area contributed by atoms with Gasteiger partial charge in [-0.15, -0.1) is 0 Å². The third-order valence-corrected chi connectivity index (χ3v) is 3.88. The second-order valence-corrected chi connectivity index (χ2v) is 5.97. The second kappa shape index (κ2) is 16.0. The van der Waals surface area contributed by atoms with Gasteiger partial charge in [0.05, 0.1) is 0 Å². The van der Waals surface area contributed by atoms with Crippen LogP contribution < -0.4 is 11.1 Å². The standard InChI is InChI=1S/C17H38N2/c1-3-4-5-6-7-8-9-10-11-12-13-14-17(2)19-16-15-18/h17,19H,3-16,18H2,1-2H3.